The lowest BCUT2D eigenvalue weighted by Gasteiger charge is -2.32. The van der Waals surface area contributed by atoms with Crippen LogP contribution < -0.4 is 10.1 Å². The van der Waals surface area contributed by atoms with Crippen LogP contribution in [0.4, 0.5) is 0 Å². The summed E-state index contributed by atoms with van der Waals surface area (Å²) in [5, 5.41) is 3.18. The third kappa shape index (κ3) is 2.50. The number of piperazine rings is 1. The minimum atomic E-state index is -3.40. The van der Waals surface area contributed by atoms with Crippen LogP contribution in [0.2, 0.25) is 0 Å². The summed E-state index contributed by atoms with van der Waals surface area (Å²) < 4.78 is 31.5. The second kappa shape index (κ2) is 5.26. The number of rotatable bonds is 3. The molecule has 1 N–H and O–H groups in total. The molecule has 2 rings (SSSR count). The zero-order valence-corrected chi connectivity index (χ0v) is 11.4. The van der Waals surface area contributed by atoms with Crippen LogP contribution in [0.1, 0.15) is 6.92 Å². The van der Waals surface area contributed by atoms with Gasteiger partial charge in [-0.2, -0.15) is 4.31 Å². The normalized spacial score (nSPS) is 21.8. The number of benzene rings is 1. The van der Waals surface area contributed by atoms with E-state index in [1.165, 1.54) is 0 Å². The molecule has 0 spiro atoms. The third-order valence-corrected chi connectivity index (χ3v) is 5.13. The van der Waals surface area contributed by atoms with E-state index in [2.05, 4.69) is 5.32 Å². The lowest BCUT2D eigenvalue weighted by atomic mass is 10.3. The number of ether oxygens (including phenoxy) is 1. The average molecular weight is 270 g/mol. The SMILES string of the molecule is COc1ccc(S(=O)(=O)N2CCNCC2C)cc1. The predicted octanol–water partition coefficient (Wildman–Crippen LogP) is 0.678. The zero-order valence-electron chi connectivity index (χ0n) is 10.6. The molecule has 1 heterocycles. The molecular weight excluding hydrogens is 252 g/mol. The molecule has 0 saturated carbocycles. The van der Waals surface area contributed by atoms with E-state index in [1.807, 2.05) is 6.92 Å². The Morgan fingerprint density at radius 3 is 2.56 bits per heavy atom. The van der Waals surface area contributed by atoms with Crippen LogP contribution in [-0.2, 0) is 10.0 Å². The van der Waals surface area contributed by atoms with Gasteiger partial charge < -0.3 is 10.1 Å². The molecule has 0 aromatic heterocycles. The highest BCUT2D eigenvalue weighted by atomic mass is 32.2. The molecule has 1 aromatic carbocycles. The summed E-state index contributed by atoms with van der Waals surface area (Å²) in [5.74, 6) is 0.655. The zero-order chi connectivity index (χ0) is 13.2. The molecule has 0 bridgehead atoms. The minimum absolute atomic E-state index is 0.0224. The summed E-state index contributed by atoms with van der Waals surface area (Å²) in [6, 6.07) is 6.48. The molecule has 0 radical (unpaired) electrons. The molecule has 5 nitrogen and oxygen atoms in total. The van der Waals surface area contributed by atoms with Crippen molar-refractivity contribution in [1.29, 1.82) is 0 Å². The van der Waals surface area contributed by atoms with Gasteiger partial charge in [-0.05, 0) is 31.2 Å². The van der Waals surface area contributed by atoms with Crippen LogP contribution in [0.3, 0.4) is 0 Å². The van der Waals surface area contributed by atoms with E-state index in [0.29, 0.717) is 30.3 Å². The van der Waals surface area contributed by atoms with Crippen molar-refractivity contribution >= 4 is 10.0 Å². The van der Waals surface area contributed by atoms with Crippen molar-refractivity contribution in [2.45, 2.75) is 17.9 Å². The summed E-state index contributed by atoms with van der Waals surface area (Å²) in [5.41, 5.74) is 0. The first-order valence-corrected chi connectivity index (χ1v) is 7.36. The Morgan fingerprint density at radius 2 is 2.00 bits per heavy atom. The molecule has 0 aliphatic carbocycles. The molecule has 18 heavy (non-hydrogen) atoms. The number of nitrogens with one attached hydrogen (secondary N) is 1. The van der Waals surface area contributed by atoms with Crippen LogP contribution in [0.15, 0.2) is 29.2 Å². The highest BCUT2D eigenvalue weighted by Gasteiger charge is 2.30. The Bertz CT molecular complexity index is 499. The summed E-state index contributed by atoms with van der Waals surface area (Å²) in [4.78, 5) is 0.317. The number of sulfonamides is 1. The quantitative estimate of drug-likeness (QED) is 0.877. The molecule has 1 saturated heterocycles. The second-order valence-corrected chi connectivity index (χ2v) is 6.23. The Hall–Kier alpha value is -1.11. The van der Waals surface area contributed by atoms with Gasteiger partial charge in [0.2, 0.25) is 10.0 Å². The van der Waals surface area contributed by atoms with E-state index in [1.54, 1.807) is 35.7 Å². The Kier molecular flexibility index (Phi) is 3.89. The van der Waals surface area contributed by atoms with Crippen LogP contribution in [0.25, 0.3) is 0 Å². The highest BCUT2D eigenvalue weighted by Crippen LogP contribution is 2.21. The van der Waals surface area contributed by atoms with E-state index >= 15 is 0 Å². The summed E-state index contributed by atoms with van der Waals surface area (Å²) in [6.07, 6.45) is 0. The van der Waals surface area contributed by atoms with E-state index in [-0.39, 0.29) is 6.04 Å². The number of methoxy groups -OCH3 is 1. The van der Waals surface area contributed by atoms with Gasteiger partial charge in [-0.15, -0.1) is 0 Å². The maximum Gasteiger partial charge on any atom is 0.243 e. The Balaban J connectivity index is 2.28. The molecule has 1 aromatic rings. The number of hydrogen-bond acceptors (Lipinski definition) is 4. The van der Waals surface area contributed by atoms with Gasteiger partial charge in [0.1, 0.15) is 5.75 Å². The maximum atomic E-state index is 12.5. The van der Waals surface area contributed by atoms with Crippen molar-refractivity contribution in [2.75, 3.05) is 26.7 Å². The molecule has 1 aliphatic heterocycles. The average Bonchev–Trinajstić information content (AvgIpc) is 2.39. The van der Waals surface area contributed by atoms with Crippen LogP contribution in [-0.4, -0.2) is 45.5 Å². The maximum absolute atomic E-state index is 12.5. The molecule has 1 fully saturated rings. The molecule has 1 aliphatic rings. The summed E-state index contributed by atoms with van der Waals surface area (Å²) >= 11 is 0. The molecule has 6 heteroatoms. The first-order valence-electron chi connectivity index (χ1n) is 5.92. The molecule has 0 amide bonds. The fourth-order valence-electron chi connectivity index (χ4n) is 2.06. The summed E-state index contributed by atoms with van der Waals surface area (Å²) in [6.45, 7) is 3.80. The van der Waals surface area contributed by atoms with Crippen molar-refractivity contribution in [1.82, 2.24) is 9.62 Å². The fourth-order valence-corrected chi connectivity index (χ4v) is 3.69. The first kappa shape index (κ1) is 13.3. The van der Waals surface area contributed by atoms with Crippen LogP contribution in [0, 0.1) is 0 Å². The Morgan fingerprint density at radius 1 is 1.33 bits per heavy atom. The Labute approximate surface area is 108 Å². The van der Waals surface area contributed by atoms with Crippen LogP contribution in [0.5, 0.6) is 5.75 Å². The summed E-state index contributed by atoms with van der Waals surface area (Å²) in [7, 11) is -1.84. The van der Waals surface area contributed by atoms with Crippen molar-refractivity contribution in [3.8, 4) is 5.75 Å². The van der Waals surface area contributed by atoms with E-state index in [0.717, 1.165) is 0 Å². The molecular formula is C12H18N2O3S. The first-order chi connectivity index (χ1) is 8.55. The van der Waals surface area contributed by atoms with Crippen molar-refractivity contribution in [2.24, 2.45) is 0 Å². The largest absolute Gasteiger partial charge is 0.497 e. The lowest BCUT2D eigenvalue weighted by Crippen LogP contribution is -2.52. The molecule has 1 unspecified atom stereocenters. The second-order valence-electron chi connectivity index (χ2n) is 4.34. The van der Waals surface area contributed by atoms with Crippen molar-refractivity contribution in [3.05, 3.63) is 24.3 Å². The number of nitrogens with zero attached hydrogens (tertiary/aromatic N) is 1. The van der Waals surface area contributed by atoms with E-state index in [9.17, 15) is 8.42 Å². The van der Waals surface area contributed by atoms with E-state index < -0.39 is 10.0 Å². The van der Waals surface area contributed by atoms with Gasteiger partial charge in [-0.1, -0.05) is 0 Å². The molecule has 1 atom stereocenters. The monoisotopic (exact) mass is 270 g/mol. The van der Waals surface area contributed by atoms with Gasteiger partial charge in [-0.3, -0.25) is 0 Å². The minimum Gasteiger partial charge on any atom is -0.497 e. The predicted molar refractivity (Wildman–Crippen MR) is 69.2 cm³/mol. The van der Waals surface area contributed by atoms with Gasteiger partial charge >= 0.3 is 0 Å². The van der Waals surface area contributed by atoms with Crippen LogP contribution >= 0.6 is 0 Å². The van der Waals surface area contributed by atoms with Gasteiger partial charge in [0, 0.05) is 25.7 Å². The van der Waals surface area contributed by atoms with Gasteiger partial charge in [0.25, 0.3) is 0 Å². The van der Waals surface area contributed by atoms with Gasteiger partial charge in [0.15, 0.2) is 0 Å². The van der Waals surface area contributed by atoms with Gasteiger partial charge in [0.05, 0.1) is 12.0 Å². The van der Waals surface area contributed by atoms with E-state index in [4.69, 9.17) is 4.74 Å². The molecule has 100 valence electrons. The number of hydrogen-bond donors (Lipinski definition) is 1. The topological polar surface area (TPSA) is 58.6 Å². The lowest BCUT2D eigenvalue weighted by molar-refractivity contribution is 0.284. The highest BCUT2D eigenvalue weighted by molar-refractivity contribution is 7.89. The van der Waals surface area contributed by atoms with Crippen molar-refractivity contribution in [3.63, 3.8) is 0 Å². The van der Waals surface area contributed by atoms with Crippen molar-refractivity contribution < 1.29 is 13.2 Å². The fraction of sp³-hybridized carbons (Fsp3) is 0.500. The van der Waals surface area contributed by atoms with Gasteiger partial charge in [-0.25, -0.2) is 8.42 Å². The standard InChI is InChI=1S/C12H18N2O3S/c1-10-9-13-7-8-14(10)18(15,16)12-5-3-11(17-2)4-6-12/h3-6,10,13H,7-9H2,1-2H3. The third-order valence-electron chi connectivity index (χ3n) is 3.11. The smallest absolute Gasteiger partial charge is 0.243 e.